The van der Waals surface area contributed by atoms with Gasteiger partial charge in [0, 0.05) is 6.04 Å². The van der Waals surface area contributed by atoms with E-state index in [9.17, 15) is 9.90 Å². The Hall–Kier alpha value is -1.07. The standard InChI is InChI=1S/C14H20BrNO3/c1-14(2,13(17)18)12(16(3)4)9-6-7-11(19-5)10(15)8-9/h6-8,12H,1-5H3,(H,17,18). The van der Waals surface area contributed by atoms with Gasteiger partial charge in [0.1, 0.15) is 5.75 Å². The molecule has 5 heteroatoms. The molecule has 0 aliphatic rings. The second-order valence-electron chi connectivity index (χ2n) is 5.29. The molecule has 0 radical (unpaired) electrons. The number of hydrogen-bond acceptors (Lipinski definition) is 3. The van der Waals surface area contributed by atoms with E-state index in [4.69, 9.17) is 4.74 Å². The Labute approximate surface area is 122 Å². The zero-order valence-electron chi connectivity index (χ0n) is 11.9. The van der Waals surface area contributed by atoms with Gasteiger partial charge in [0.25, 0.3) is 0 Å². The number of nitrogens with zero attached hydrogens (tertiary/aromatic N) is 1. The van der Waals surface area contributed by atoms with Gasteiger partial charge >= 0.3 is 5.97 Å². The van der Waals surface area contributed by atoms with Crippen LogP contribution in [0, 0.1) is 5.41 Å². The van der Waals surface area contributed by atoms with Crippen molar-refractivity contribution in [3.63, 3.8) is 0 Å². The minimum absolute atomic E-state index is 0.229. The molecule has 0 spiro atoms. The number of carboxylic acids is 1. The molecule has 4 nitrogen and oxygen atoms in total. The largest absolute Gasteiger partial charge is 0.496 e. The second kappa shape index (κ2) is 5.92. The highest BCUT2D eigenvalue weighted by Crippen LogP contribution is 2.39. The minimum Gasteiger partial charge on any atom is -0.496 e. The molecule has 1 N–H and O–H groups in total. The number of carboxylic acid groups (broad SMARTS) is 1. The van der Waals surface area contributed by atoms with Crippen LogP contribution in [0.1, 0.15) is 25.5 Å². The molecule has 1 unspecified atom stereocenters. The zero-order chi connectivity index (χ0) is 14.8. The fourth-order valence-corrected chi connectivity index (χ4v) is 2.89. The van der Waals surface area contributed by atoms with Gasteiger partial charge in [-0.05, 0) is 61.6 Å². The highest BCUT2D eigenvalue weighted by Gasteiger charge is 2.39. The molecular weight excluding hydrogens is 310 g/mol. The molecular formula is C14H20BrNO3. The van der Waals surface area contributed by atoms with E-state index in [2.05, 4.69) is 15.9 Å². The van der Waals surface area contributed by atoms with Gasteiger partial charge in [0.2, 0.25) is 0 Å². The van der Waals surface area contributed by atoms with Crippen LogP contribution in [0.4, 0.5) is 0 Å². The predicted octanol–water partition coefficient (Wildman–Crippen LogP) is 3.17. The Morgan fingerprint density at radius 1 is 1.42 bits per heavy atom. The van der Waals surface area contributed by atoms with Crippen LogP contribution in [0.15, 0.2) is 22.7 Å². The van der Waals surface area contributed by atoms with Gasteiger partial charge in [-0.1, -0.05) is 6.07 Å². The van der Waals surface area contributed by atoms with E-state index in [1.165, 1.54) is 0 Å². The molecule has 1 aromatic carbocycles. The lowest BCUT2D eigenvalue weighted by molar-refractivity contribution is -0.150. The summed E-state index contributed by atoms with van der Waals surface area (Å²) in [5, 5.41) is 9.43. The molecule has 0 amide bonds. The van der Waals surface area contributed by atoms with E-state index in [0.29, 0.717) is 0 Å². The molecule has 0 bridgehead atoms. The average molecular weight is 330 g/mol. The summed E-state index contributed by atoms with van der Waals surface area (Å²) in [5.41, 5.74) is 0.0439. The molecule has 0 aliphatic heterocycles. The zero-order valence-corrected chi connectivity index (χ0v) is 13.5. The molecule has 1 aromatic rings. The SMILES string of the molecule is COc1ccc(C(N(C)C)C(C)(C)C(=O)O)cc1Br. The minimum atomic E-state index is -0.891. The van der Waals surface area contributed by atoms with Crippen LogP contribution in [0.2, 0.25) is 0 Å². The van der Waals surface area contributed by atoms with E-state index in [1.807, 2.05) is 37.2 Å². The Balaban J connectivity index is 3.28. The first-order valence-corrected chi connectivity index (χ1v) is 6.74. The van der Waals surface area contributed by atoms with E-state index < -0.39 is 11.4 Å². The van der Waals surface area contributed by atoms with E-state index in [1.54, 1.807) is 21.0 Å². The van der Waals surface area contributed by atoms with Crippen LogP contribution < -0.4 is 4.74 Å². The molecule has 0 saturated carbocycles. The lowest BCUT2D eigenvalue weighted by Crippen LogP contribution is -2.39. The van der Waals surface area contributed by atoms with Crippen molar-refractivity contribution in [2.75, 3.05) is 21.2 Å². The lowest BCUT2D eigenvalue weighted by Gasteiger charge is -2.36. The molecule has 0 saturated heterocycles. The number of ether oxygens (including phenoxy) is 1. The van der Waals surface area contributed by atoms with Gasteiger partial charge in [-0.2, -0.15) is 0 Å². The third-order valence-electron chi connectivity index (χ3n) is 3.24. The smallest absolute Gasteiger partial charge is 0.311 e. The molecule has 0 aliphatic carbocycles. The van der Waals surface area contributed by atoms with Gasteiger partial charge in [-0.3, -0.25) is 4.79 Å². The van der Waals surface area contributed by atoms with Crippen LogP contribution in [0.3, 0.4) is 0 Å². The summed E-state index contributed by atoms with van der Waals surface area (Å²) in [7, 11) is 5.37. The van der Waals surface area contributed by atoms with Gasteiger partial charge < -0.3 is 14.7 Å². The monoisotopic (exact) mass is 329 g/mol. The molecule has 1 atom stereocenters. The Morgan fingerprint density at radius 2 is 2.00 bits per heavy atom. The number of halogens is 1. The molecule has 1 rings (SSSR count). The second-order valence-corrected chi connectivity index (χ2v) is 6.14. The number of aliphatic carboxylic acids is 1. The summed E-state index contributed by atoms with van der Waals surface area (Å²) in [6, 6.07) is 5.42. The van der Waals surface area contributed by atoms with E-state index >= 15 is 0 Å². The summed E-state index contributed by atoms with van der Waals surface area (Å²) in [6.45, 7) is 3.47. The molecule has 0 fully saturated rings. The lowest BCUT2D eigenvalue weighted by atomic mass is 9.80. The van der Waals surface area contributed by atoms with Crippen molar-refractivity contribution < 1.29 is 14.6 Å². The van der Waals surface area contributed by atoms with Crippen molar-refractivity contribution in [2.24, 2.45) is 5.41 Å². The average Bonchev–Trinajstić information content (AvgIpc) is 2.28. The van der Waals surface area contributed by atoms with Crippen molar-refractivity contribution >= 4 is 21.9 Å². The Kier molecular flexibility index (Phi) is 4.98. The highest BCUT2D eigenvalue weighted by molar-refractivity contribution is 9.10. The van der Waals surface area contributed by atoms with Gasteiger partial charge in [-0.25, -0.2) is 0 Å². The quantitative estimate of drug-likeness (QED) is 0.901. The predicted molar refractivity (Wildman–Crippen MR) is 78.5 cm³/mol. The first-order valence-electron chi connectivity index (χ1n) is 5.95. The molecule has 0 aromatic heterocycles. The highest BCUT2D eigenvalue weighted by atomic mass is 79.9. The van der Waals surface area contributed by atoms with Crippen LogP contribution in [0.5, 0.6) is 5.75 Å². The molecule has 19 heavy (non-hydrogen) atoms. The normalized spacial score (nSPS) is 13.4. The van der Waals surface area contributed by atoms with Crippen LogP contribution >= 0.6 is 15.9 Å². The van der Waals surface area contributed by atoms with Crippen molar-refractivity contribution in [3.05, 3.63) is 28.2 Å². The van der Waals surface area contributed by atoms with Crippen molar-refractivity contribution in [3.8, 4) is 5.75 Å². The maximum absolute atomic E-state index is 11.5. The van der Waals surface area contributed by atoms with Gasteiger partial charge in [0.05, 0.1) is 17.0 Å². The first kappa shape index (κ1) is 16.0. The fraction of sp³-hybridized carbons (Fsp3) is 0.500. The van der Waals surface area contributed by atoms with Crippen molar-refractivity contribution in [2.45, 2.75) is 19.9 Å². The Bertz CT molecular complexity index is 472. The van der Waals surface area contributed by atoms with Crippen LogP contribution in [-0.2, 0) is 4.79 Å². The van der Waals surface area contributed by atoms with Gasteiger partial charge in [0.15, 0.2) is 0 Å². The van der Waals surface area contributed by atoms with Crippen LogP contribution in [0.25, 0.3) is 0 Å². The maximum Gasteiger partial charge on any atom is 0.311 e. The number of carbonyl (C=O) groups is 1. The van der Waals surface area contributed by atoms with E-state index in [0.717, 1.165) is 15.8 Å². The third kappa shape index (κ3) is 3.28. The fourth-order valence-electron chi connectivity index (χ4n) is 2.33. The topological polar surface area (TPSA) is 49.8 Å². The Morgan fingerprint density at radius 3 is 2.37 bits per heavy atom. The summed E-state index contributed by atoms with van der Waals surface area (Å²) in [6.07, 6.45) is 0. The van der Waals surface area contributed by atoms with Crippen molar-refractivity contribution in [1.29, 1.82) is 0 Å². The first-order chi connectivity index (χ1) is 8.71. The van der Waals surface area contributed by atoms with E-state index in [-0.39, 0.29) is 6.04 Å². The van der Waals surface area contributed by atoms with Crippen molar-refractivity contribution in [1.82, 2.24) is 4.90 Å². The number of rotatable bonds is 5. The van der Waals surface area contributed by atoms with Gasteiger partial charge in [-0.15, -0.1) is 0 Å². The summed E-state index contributed by atoms with van der Waals surface area (Å²) in [5.74, 6) is -0.0903. The summed E-state index contributed by atoms with van der Waals surface area (Å²) < 4.78 is 6.02. The third-order valence-corrected chi connectivity index (χ3v) is 3.86. The molecule has 0 heterocycles. The number of hydrogen-bond donors (Lipinski definition) is 1. The number of methoxy groups -OCH3 is 1. The summed E-state index contributed by atoms with van der Waals surface area (Å²) >= 11 is 3.44. The summed E-state index contributed by atoms with van der Waals surface area (Å²) in [4.78, 5) is 13.4. The molecule has 106 valence electrons. The number of benzene rings is 1. The van der Waals surface area contributed by atoms with Crippen LogP contribution in [-0.4, -0.2) is 37.2 Å². The maximum atomic E-state index is 11.5.